The number of phenolic OH excluding ortho intramolecular Hbond substituents is 1. The molecule has 260 valence electrons. The van der Waals surface area contributed by atoms with Gasteiger partial charge in [-0.25, -0.2) is 4.39 Å². The van der Waals surface area contributed by atoms with E-state index in [1.54, 1.807) is 24.3 Å². The number of nitro groups is 1. The highest BCUT2D eigenvalue weighted by Crippen LogP contribution is 2.35. The van der Waals surface area contributed by atoms with Gasteiger partial charge in [0.2, 0.25) is 5.82 Å². The van der Waals surface area contributed by atoms with E-state index in [0.29, 0.717) is 45.7 Å². The van der Waals surface area contributed by atoms with Gasteiger partial charge < -0.3 is 25.1 Å². The molecule has 53 heavy (non-hydrogen) atoms. The second-order valence-corrected chi connectivity index (χ2v) is 11.1. The molecule has 2 heterocycles. The summed E-state index contributed by atoms with van der Waals surface area (Å²) in [5.74, 6) is -0.288. The predicted molar refractivity (Wildman–Crippen MR) is 189 cm³/mol. The second-order valence-electron chi connectivity index (χ2n) is 11.1. The average Bonchev–Trinajstić information content (AvgIpc) is 3.15. The van der Waals surface area contributed by atoms with Crippen LogP contribution in [0.15, 0.2) is 116 Å². The summed E-state index contributed by atoms with van der Waals surface area (Å²) in [5.41, 5.74) is 7.14. The van der Waals surface area contributed by atoms with Crippen molar-refractivity contribution in [1.29, 1.82) is 10.5 Å². The Morgan fingerprint density at radius 1 is 0.736 bits per heavy atom. The van der Waals surface area contributed by atoms with Crippen LogP contribution >= 0.6 is 0 Å². The van der Waals surface area contributed by atoms with Crippen LogP contribution in [-0.2, 0) is 6.61 Å². The van der Waals surface area contributed by atoms with Crippen molar-refractivity contribution in [3.63, 3.8) is 0 Å². The molecule has 0 unspecified atom stereocenters. The van der Waals surface area contributed by atoms with Crippen molar-refractivity contribution >= 4 is 33.2 Å². The van der Waals surface area contributed by atoms with Crippen LogP contribution in [0, 0.1) is 44.4 Å². The maximum Gasteiger partial charge on any atom is 0.305 e. The first-order valence-corrected chi connectivity index (χ1v) is 15.5. The summed E-state index contributed by atoms with van der Waals surface area (Å²) in [6.45, 7) is 0.291. The monoisotopic (exact) mass is 710 g/mol. The smallest absolute Gasteiger partial charge is 0.305 e. The summed E-state index contributed by atoms with van der Waals surface area (Å²) in [4.78, 5) is 18.4. The van der Waals surface area contributed by atoms with Crippen molar-refractivity contribution in [3.05, 3.63) is 154 Å². The van der Waals surface area contributed by atoms with Crippen LogP contribution < -0.4 is 19.9 Å². The van der Waals surface area contributed by atoms with Gasteiger partial charge in [0.15, 0.2) is 0 Å². The summed E-state index contributed by atoms with van der Waals surface area (Å²) < 4.78 is 44.6. The second kappa shape index (κ2) is 15.4. The SMILES string of the molecule is N#Cc1cc2c(Oc3ccc(N)c(F)c3)ccnc2cc1O.N#Cc1cc2c(Oc3ccc([N+](=O)[O-])c(F)c3)ccnc2cc1OCc1ccccc1. The number of rotatable bonds is 8. The fraction of sp³-hybridized carbons (Fsp3) is 0.0256. The standard InChI is InChI=1S/C23H14FN3O4.C16H10FN3O2/c24-19-11-17(6-7-21(19)27(28)29)31-22-8-9-26-20-12-23(16(13-25)10-18(20)22)30-14-15-4-2-1-3-5-15;17-12-6-10(1-2-13(12)19)22-16-3-4-20-14-7-15(21)9(8-18)5-11(14)16/h1-12H,14H2;1-7,21H,19H2. The molecule has 0 radical (unpaired) electrons. The van der Waals surface area contributed by atoms with Gasteiger partial charge in [-0.05, 0) is 48.0 Å². The Kier molecular flexibility index (Phi) is 10.1. The number of hydrogen-bond acceptors (Lipinski definition) is 11. The normalized spacial score (nSPS) is 10.4. The number of ether oxygens (including phenoxy) is 3. The molecule has 0 amide bonds. The van der Waals surface area contributed by atoms with E-state index in [-0.39, 0.29) is 34.1 Å². The number of nitrogens with two attached hydrogens (primary N) is 1. The van der Waals surface area contributed by atoms with Gasteiger partial charge in [0.05, 0.1) is 32.8 Å². The minimum absolute atomic E-state index is 0.0311. The summed E-state index contributed by atoms with van der Waals surface area (Å²) in [5, 5.41) is 40.1. The maximum absolute atomic E-state index is 13.9. The van der Waals surface area contributed by atoms with Gasteiger partial charge in [0.25, 0.3) is 0 Å². The molecule has 7 rings (SSSR count). The predicted octanol–water partition coefficient (Wildman–Crippen LogP) is 8.85. The molecule has 0 aliphatic heterocycles. The lowest BCUT2D eigenvalue weighted by atomic mass is 10.1. The first kappa shape index (κ1) is 35.0. The molecule has 3 N–H and O–H groups in total. The number of nitrogen functional groups attached to an aromatic ring is 1. The molecule has 0 saturated heterocycles. The van der Waals surface area contributed by atoms with Crippen LogP contribution in [0.3, 0.4) is 0 Å². The van der Waals surface area contributed by atoms with E-state index in [0.717, 1.165) is 17.7 Å². The third-order valence-electron chi connectivity index (χ3n) is 7.64. The summed E-state index contributed by atoms with van der Waals surface area (Å²) in [6, 6.07) is 30.1. The van der Waals surface area contributed by atoms with Crippen LogP contribution in [0.25, 0.3) is 21.8 Å². The van der Waals surface area contributed by atoms with E-state index in [4.69, 9.17) is 25.2 Å². The Bertz CT molecular complexity index is 2590. The van der Waals surface area contributed by atoms with E-state index in [1.807, 2.05) is 36.4 Å². The lowest BCUT2D eigenvalue weighted by Crippen LogP contribution is -1.98. The molecule has 0 aliphatic carbocycles. The molecule has 5 aromatic carbocycles. The Labute approximate surface area is 299 Å². The van der Waals surface area contributed by atoms with Crippen LogP contribution in [0.4, 0.5) is 20.2 Å². The van der Waals surface area contributed by atoms with Gasteiger partial charge in [0.1, 0.15) is 59.1 Å². The lowest BCUT2D eigenvalue weighted by Gasteiger charge is -2.12. The number of anilines is 1. The molecule has 0 fully saturated rings. The van der Waals surface area contributed by atoms with E-state index in [2.05, 4.69) is 16.0 Å². The number of benzene rings is 5. The number of aromatic nitrogens is 2. The Balaban J connectivity index is 0.000000192. The van der Waals surface area contributed by atoms with Gasteiger partial charge in [-0.2, -0.15) is 14.9 Å². The molecule has 12 nitrogen and oxygen atoms in total. The van der Waals surface area contributed by atoms with Gasteiger partial charge >= 0.3 is 5.69 Å². The minimum atomic E-state index is -1.00. The Morgan fingerprint density at radius 3 is 1.91 bits per heavy atom. The molecule has 0 atom stereocenters. The van der Waals surface area contributed by atoms with Crippen LogP contribution in [0.1, 0.15) is 16.7 Å². The van der Waals surface area contributed by atoms with Crippen molar-refractivity contribution in [1.82, 2.24) is 9.97 Å². The average molecular weight is 711 g/mol. The van der Waals surface area contributed by atoms with Crippen LogP contribution in [0.2, 0.25) is 0 Å². The van der Waals surface area contributed by atoms with Crippen molar-refractivity contribution in [3.8, 4) is 46.6 Å². The number of pyridine rings is 2. The zero-order valence-electron chi connectivity index (χ0n) is 27.2. The van der Waals surface area contributed by atoms with Crippen LogP contribution in [0.5, 0.6) is 34.5 Å². The van der Waals surface area contributed by atoms with Crippen molar-refractivity contribution in [2.24, 2.45) is 0 Å². The number of nitrogens with zero attached hydrogens (tertiary/aromatic N) is 5. The molecular weight excluding hydrogens is 686 g/mol. The molecular formula is C39H24F2N6O6. The number of nitro benzene ring substituents is 1. The number of phenols is 1. The third-order valence-corrected chi connectivity index (χ3v) is 7.64. The number of fused-ring (bicyclic) bond motifs is 2. The maximum atomic E-state index is 13.9. The summed E-state index contributed by atoms with van der Waals surface area (Å²) in [6.07, 6.45) is 3.00. The Hall–Kier alpha value is -7.84. The minimum Gasteiger partial charge on any atom is -0.506 e. The molecule has 0 saturated carbocycles. The number of hydrogen-bond donors (Lipinski definition) is 2. The number of aromatic hydroxyl groups is 1. The van der Waals surface area contributed by atoms with Crippen molar-refractivity contribution in [2.45, 2.75) is 6.61 Å². The quantitative estimate of drug-likeness (QED) is 0.0870. The molecule has 0 aliphatic rings. The molecule has 14 heteroatoms. The summed E-state index contributed by atoms with van der Waals surface area (Å²) in [7, 11) is 0. The first-order valence-electron chi connectivity index (χ1n) is 15.5. The lowest BCUT2D eigenvalue weighted by molar-refractivity contribution is -0.387. The molecule has 2 aromatic heterocycles. The molecule has 0 bridgehead atoms. The fourth-order valence-corrected chi connectivity index (χ4v) is 5.04. The number of halogens is 2. The van der Waals surface area contributed by atoms with Crippen molar-refractivity contribution in [2.75, 3.05) is 5.73 Å². The van der Waals surface area contributed by atoms with E-state index < -0.39 is 22.2 Å². The highest BCUT2D eigenvalue weighted by Gasteiger charge is 2.17. The highest BCUT2D eigenvalue weighted by atomic mass is 19.1. The summed E-state index contributed by atoms with van der Waals surface area (Å²) >= 11 is 0. The van der Waals surface area contributed by atoms with Gasteiger partial charge in [-0.1, -0.05) is 30.3 Å². The fourth-order valence-electron chi connectivity index (χ4n) is 5.04. The highest BCUT2D eigenvalue weighted by molar-refractivity contribution is 5.89. The van der Waals surface area contributed by atoms with Gasteiger partial charge in [-0.3, -0.25) is 20.1 Å². The topological polar surface area (TPSA) is 190 Å². The van der Waals surface area contributed by atoms with E-state index in [1.165, 1.54) is 48.8 Å². The third kappa shape index (κ3) is 7.98. The largest absolute Gasteiger partial charge is 0.506 e. The number of nitriles is 2. The van der Waals surface area contributed by atoms with E-state index >= 15 is 0 Å². The molecule has 7 aromatic rings. The van der Waals surface area contributed by atoms with E-state index in [9.17, 15) is 29.3 Å². The van der Waals surface area contributed by atoms with Gasteiger partial charge in [-0.15, -0.1) is 0 Å². The zero-order valence-corrected chi connectivity index (χ0v) is 27.2. The van der Waals surface area contributed by atoms with Crippen LogP contribution in [-0.4, -0.2) is 20.0 Å². The van der Waals surface area contributed by atoms with Gasteiger partial charge in [0, 0.05) is 53.5 Å². The zero-order chi connectivity index (χ0) is 37.5. The Morgan fingerprint density at radius 2 is 1.32 bits per heavy atom. The first-order chi connectivity index (χ1) is 25.6. The van der Waals surface area contributed by atoms with Crippen molar-refractivity contribution < 1.29 is 33.0 Å². The molecule has 0 spiro atoms.